The standard InChI is InChI=1S/C26H27N5O6/c1-2-6-22(33)37-26-30-31(21(36-26)13-15-7-4-3-5-8-15)29-23-16(17-11-12-20(32)28-25(17)35)9-10-18-19(23)14-27-24(18)34/h3-5,7-10,17,21,29H,2,6,11-14H2,1H3,(H,27,34)(H,28,32,35). The normalized spacial score (nSPS) is 20.5. The second-order valence-electron chi connectivity index (χ2n) is 9.05. The molecular formula is C26H27N5O6. The summed E-state index contributed by atoms with van der Waals surface area (Å²) < 4.78 is 11.2. The van der Waals surface area contributed by atoms with Crippen molar-refractivity contribution in [1.82, 2.24) is 15.8 Å². The summed E-state index contributed by atoms with van der Waals surface area (Å²) in [7, 11) is 0. The number of esters is 1. The minimum atomic E-state index is -0.678. The maximum atomic E-state index is 12.7. The Hall–Kier alpha value is -4.41. The van der Waals surface area contributed by atoms with E-state index in [1.165, 1.54) is 5.12 Å². The zero-order valence-corrected chi connectivity index (χ0v) is 20.3. The first kappa shape index (κ1) is 24.3. The number of amides is 3. The summed E-state index contributed by atoms with van der Waals surface area (Å²) in [6, 6.07) is 13.0. The lowest BCUT2D eigenvalue weighted by Crippen LogP contribution is -2.40. The second kappa shape index (κ2) is 10.3. The average molecular weight is 506 g/mol. The Bertz CT molecular complexity index is 1280. The van der Waals surface area contributed by atoms with Crippen molar-refractivity contribution in [1.29, 1.82) is 0 Å². The fourth-order valence-corrected chi connectivity index (χ4v) is 4.63. The van der Waals surface area contributed by atoms with Crippen LogP contribution >= 0.6 is 0 Å². The molecule has 1 fully saturated rings. The average Bonchev–Trinajstić information content (AvgIpc) is 3.43. The first-order chi connectivity index (χ1) is 17.9. The molecule has 0 bridgehead atoms. The molecule has 2 unspecified atom stereocenters. The van der Waals surface area contributed by atoms with Crippen molar-refractivity contribution in [2.24, 2.45) is 5.10 Å². The number of hydrogen-bond donors (Lipinski definition) is 3. The Morgan fingerprint density at radius 1 is 1.19 bits per heavy atom. The van der Waals surface area contributed by atoms with Crippen molar-refractivity contribution in [2.45, 2.75) is 57.7 Å². The van der Waals surface area contributed by atoms with Crippen LogP contribution in [0, 0.1) is 0 Å². The van der Waals surface area contributed by atoms with Crippen LogP contribution in [0.1, 0.15) is 65.6 Å². The van der Waals surface area contributed by atoms with Gasteiger partial charge >= 0.3 is 12.1 Å². The van der Waals surface area contributed by atoms with Crippen LogP contribution in [0.3, 0.4) is 0 Å². The number of hydrazine groups is 1. The lowest BCUT2D eigenvalue weighted by atomic mass is 9.87. The third kappa shape index (κ3) is 5.11. The molecule has 2 aromatic carbocycles. The van der Waals surface area contributed by atoms with Gasteiger partial charge in [-0.1, -0.05) is 48.4 Å². The number of benzene rings is 2. The van der Waals surface area contributed by atoms with E-state index in [2.05, 4.69) is 21.2 Å². The van der Waals surface area contributed by atoms with Crippen LogP contribution in [0.5, 0.6) is 0 Å². The molecule has 11 heteroatoms. The van der Waals surface area contributed by atoms with Crippen LogP contribution in [-0.2, 0) is 36.8 Å². The molecule has 0 spiro atoms. The number of piperidine rings is 1. The predicted octanol–water partition coefficient (Wildman–Crippen LogP) is 2.29. The summed E-state index contributed by atoms with van der Waals surface area (Å²) in [5.74, 6) is -1.98. The molecule has 192 valence electrons. The van der Waals surface area contributed by atoms with E-state index in [4.69, 9.17) is 9.47 Å². The van der Waals surface area contributed by atoms with Gasteiger partial charge in [-0.05, 0) is 30.0 Å². The van der Waals surface area contributed by atoms with E-state index in [-0.39, 0.29) is 37.3 Å². The Morgan fingerprint density at radius 3 is 2.76 bits per heavy atom. The van der Waals surface area contributed by atoms with Gasteiger partial charge in [-0.2, -0.15) is 5.12 Å². The molecule has 3 amide bonds. The van der Waals surface area contributed by atoms with Gasteiger partial charge < -0.3 is 14.8 Å². The summed E-state index contributed by atoms with van der Waals surface area (Å²) >= 11 is 0. The Labute approximate surface area is 213 Å². The third-order valence-corrected chi connectivity index (χ3v) is 6.46. The van der Waals surface area contributed by atoms with E-state index in [1.807, 2.05) is 37.3 Å². The number of hydrazone groups is 1. The number of hydrogen-bond acceptors (Lipinski definition) is 9. The zero-order chi connectivity index (χ0) is 25.9. The fourth-order valence-electron chi connectivity index (χ4n) is 4.63. The van der Waals surface area contributed by atoms with E-state index < -0.39 is 24.0 Å². The van der Waals surface area contributed by atoms with E-state index >= 15 is 0 Å². The van der Waals surface area contributed by atoms with Gasteiger partial charge in [0.25, 0.3) is 5.91 Å². The highest BCUT2D eigenvalue weighted by Gasteiger charge is 2.36. The van der Waals surface area contributed by atoms with Gasteiger partial charge in [-0.25, -0.2) is 0 Å². The van der Waals surface area contributed by atoms with Crippen LogP contribution in [0.2, 0.25) is 0 Å². The number of carbonyl (C=O) groups is 4. The van der Waals surface area contributed by atoms with Crippen LogP contribution in [-0.4, -0.2) is 41.1 Å². The summed E-state index contributed by atoms with van der Waals surface area (Å²) in [6.07, 6.45) is 0.938. The van der Waals surface area contributed by atoms with E-state index in [0.29, 0.717) is 41.6 Å². The van der Waals surface area contributed by atoms with Gasteiger partial charge in [-0.15, -0.1) is 0 Å². The molecule has 3 aliphatic rings. The monoisotopic (exact) mass is 505 g/mol. The van der Waals surface area contributed by atoms with Crippen molar-refractivity contribution in [3.05, 3.63) is 64.7 Å². The highest BCUT2D eigenvalue weighted by molar-refractivity contribution is 6.03. The van der Waals surface area contributed by atoms with E-state index in [0.717, 1.165) is 5.56 Å². The number of carbonyl (C=O) groups excluding carboxylic acids is 4. The number of ether oxygens (including phenoxy) is 2. The van der Waals surface area contributed by atoms with Crippen LogP contribution in [0.25, 0.3) is 0 Å². The maximum absolute atomic E-state index is 12.7. The van der Waals surface area contributed by atoms with Crippen molar-refractivity contribution >= 4 is 35.5 Å². The van der Waals surface area contributed by atoms with Gasteiger partial charge in [0.05, 0.1) is 11.6 Å². The molecule has 37 heavy (non-hydrogen) atoms. The first-order valence-corrected chi connectivity index (χ1v) is 12.3. The lowest BCUT2D eigenvalue weighted by molar-refractivity contribution is -0.137. The quantitative estimate of drug-likeness (QED) is 0.385. The number of rotatable bonds is 7. The fraction of sp³-hybridized carbons (Fsp3) is 0.346. The van der Waals surface area contributed by atoms with Crippen molar-refractivity contribution < 1.29 is 28.7 Å². The summed E-state index contributed by atoms with van der Waals surface area (Å²) in [5, 5.41) is 11.0. The largest absolute Gasteiger partial charge is 0.421 e. The molecule has 0 aliphatic carbocycles. The lowest BCUT2D eigenvalue weighted by Gasteiger charge is -2.28. The highest BCUT2D eigenvalue weighted by atomic mass is 16.7. The molecular weight excluding hydrogens is 478 g/mol. The predicted molar refractivity (Wildman–Crippen MR) is 132 cm³/mol. The van der Waals surface area contributed by atoms with Crippen molar-refractivity contribution in [3.8, 4) is 0 Å². The number of nitrogens with zero attached hydrogens (tertiary/aromatic N) is 2. The van der Waals surface area contributed by atoms with Gasteiger partial charge in [0.15, 0.2) is 0 Å². The molecule has 3 heterocycles. The summed E-state index contributed by atoms with van der Waals surface area (Å²) in [6.45, 7) is 2.13. The van der Waals surface area contributed by atoms with Crippen LogP contribution < -0.4 is 16.1 Å². The Kier molecular flexibility index (Phi) is 6.76. The number of nitrogens with one attached hydrogen (secondary N) is 3. The molecule has 2 atom stereocenters. The van der Waals surface area contributed by atoms with Gasteiger partial charge in [-0.3, -0.25) is 29.9 Å². The van der Waals surface area contributed by atoms with Gasteiger partial charge in [0.1, 0.15) is 0 Å². The minimum absolute atomic E-state index is 0.184. The van der Waals surface area contributed by atoms with Crippen molar-refractivity contribution in [2.75, 3.05) is 5.43 Å². The maximum Gasteiger partial charge on any atom is 0.417 e. The molecule has 0 radical (unpaired) electrons. The molecule has 3 aliphatic heterocycles. The smallest absolute Gasteiger partial charge is 0.417 e. The Morgan fingerprint density at radius 2 is 2.00 bits per heavy atom. The van der Waals surface area contributed by atoms with Crippen molar-refractivity contribution in [3.63, 3.8) is 0 Å². The van der Waals surface area contributed by atoms with E-state index in [1.54, 1.807) is 12.1 Å². The molecule has 3 N–H and O–H groups in total. The van der Waals surface area contributed by atoms with E-state index in [9.17, 15) is 19.2 Å². The SMILES string of the molecule is CCCC(=O)OC1=NN(Nc2c(C3CCC(=O)NC3=O)ccc3c2CNC3=O)C(Cc2ccccc2)O1. The molecule has 11 nitrogen and oxygen atoms in total. The minimum Gasteiger partial charge on any atom is -0.421 e. The summed E-state index contributed by atoms with van der Waals surface area (Å²) in [5.41, 5.74) is 6.52. The van der Waals surface area contributed by atoms with Crippen LogP contribution in [0.4, 0.5) is 5.69 Å². The molecule has 1 saturated heterocycles. The topological polar surface area (TPSA) is 138 Å². The zero-order valence-electron chi connectivity index (χ0n) is 20.3. The molecule has 0 saturated carbocycles. The Balaban J connectivity index is 1.49. The highest BCUT2D eigenvalue weighted by Crippen LogP contribution is 2.37. The second-order valence-corrected chi connectivity index (χ2v) is 9.05. The molecule has 5 rings (SSSR count). The third-order valence-electron chi connectivity index (χ3n) is 6.46. The molecule has 2 aromatic rings. The summed E-state index contributed by atoms with van der Waals surface area (Å²) in [4.78, 5) is 49.0. The first-order valence-electron chi connectivity index (χ1n) is 12.3. The number of fused-ring (bicyclic) bond motifs is 1. The molecule has 0 aromatic heterocycles. The number of anilines is 1. The van der Waals surface area contributed by atoms with Gasteiger partial charge in [0.2, 0.25) is 18.0 Å². The van der Waals surface area contributed by atoms with Crippen LogP contribution in [0.15, 0.2) is 47.6 Å². The van der Waals surface area contributed by atoms with Gasteiger partial charge in [0, 0.05) is 36.9 Å². The number of imide groups is 1.